The molecule has 4 nitrogen and oxygen atoms in total. The van der Waals surface area contributed by atoms with E-state index in [4.69, 9.17) is 4.74 Å². The zero-order valence-corrected chi connectivity index (χ0v) is 14.8. The zero-order chi connectivity index (χ0) is 17.5. The fourth-order valence-electron chi connectivity index (χ4n) is 3.37. The van der Waals surface area contributed by atoms with E-state index in [2.05, 4.69) is 17.2 Å². The molecule has 1 heterocycles. The van der Waals surface area contributed by atoms with Gasteiger partial charge in [-0.1, -0.05) is 49.6 Å². The fourth-order valence-corrected chi connectivity index (χ4v) is 3.37. The first kappa shape index (κ1) is 17.5. The van der Waals surface area contributed by atoms with Crippen LogP contribution in [0.5, 0.6) is 5.88 Å². The number of ether oxygens (including phenoxy) is 1. The molecule has 3 rings (SSSR count). The Morgan fingerprint density at radius 2 is 1.92 bits per heavy atom. The molecule has 1 aromatic carbocycles. The number of pyridine rings is 1. The number of nitrogens with one attached hydrogen (secondary N) is 1. The van der Waals surface area contributed by atoms with E-state index in [0.717, 1.165) is 5.56 Å². The number of hydrogen-bond donors (Lipinski definition) is 1. The third-order valence-corrected chi connectivity index (χ3v) is 4.94. The van der Waals surface area contributed by atoms with Gasteiger partial charge >= 0.3 is 0 Å². The highest BCUT2D eigenvalue weighted by molar-refractivity contribution is 5.94. The minimum Gasteiger partial charge on any atom is -0.473 e. The van der Waals surface area contributed by atoms with Gasteiger partial charge in [-0.25, -0.2) is 4.98 Å². The van der Waals surface area contributed by atoms with E-state index in [1.54, 1.807) is 18.3 Å². The summed E-state index contributed by atoms with van der Waals surface area (Å²) in [5, 5.41) is 3.12. The fraction of sp³-hybridized carbons (Fsp3) is 0.429. The summed E-state index contributed by atoms with van der Waals surface area (Å²) in [6, 6.07) is 13.7. The molecule has 0 aliphatic heterocycles. The van der Waals surface area contributed by atoms with E-state index in [1.807, 2.05) is 30.3 Å². The lowest BCUT2D eigenvalue weighted by Gasteiger charge is -2.28. The third kappa shape index (κ3) is 5.05. The molecular weight excluding hydrogens is 312 g/mol. The summed E-state index contributed by atoms with van der Waals surface area (Å²) in [5.74, 6) is 1.07. The Labute approximate surface area is 149 Å². The van der Waals surface area contributed by atoms with E-state index in [9.17, 15) is 4.79 Å². The average molecular weight is 338 g/mol. The molecule has 1 saturated carbocycles. The van der Waals surface area contributed by atoms with Gasteiger partial charge in [-0.2, -0.15) is 0 Å². The summed E-state index contributed by atoms with van der Waals surface area (Å²) in [6.45, 7) is 2.58. The van der Waals surface area contributed by atoms with Crippen LogP contribution in [0.15, 0.2) is 48.7 Å². The summed E-state index contributed by atoms with van der Waals surface area (Å²) in [4.78, 5) is 16.6. The van der Waals surface area contributed by atoms with Gasteiger partial charge in [-0.15, -0.1) is 0 Å². The molecule has 0 spiro atoms. The summed E-state index contributed by atoms with van der Waals surface area (Å²) in [7, 11) is 0. The van der Waals surface area contributed by atoms with E-state index in [1.165, 1.54) is 32.1 Å². The smallest absolute Gasteiger partial charge is 0.253 e. The second-order valence-electron chi connectivity index (χ2n) is 6.82. The Kier molecular flexibility index (Phi) is 6.04. The lowest BCUT2D eigenvalue weighted by atomic mass is 9.84. The topological polar surface area (TPSA) is 51.2 Å². The van der Waals surface area contributed by atoms with Crippen molar-refractivity contribution in [2.75, 3.05) is 0 Å². The number of rotatable bonds is 6. The van der Waals surface area contributed by atoms with Crippen LogP contribution >= 0.6 is 0 Å². The van der Waals surface area contributed by atoms with Gasteiger partial charge in [0.05, 0.1) is 5.56 Å². The summed E-state index contributed by atoms with van der Waals surface area (Å²) in [6.07, 6.45) is 7.90. The molecular formula is C21H26N2O2. The monoisotopic (exact) mass is 338 g/mol. The molecule has 0 bridgehead atoms. The number of carbonyl (C=O) groups excluding carboxylic acids is 1. The molecule has 0 radical (unpaired) electrons. The number of aromatic nitrogens is 1. The first-order valence-corrected chi connectivity index (χ1v) is 9.16. The van der Waals surface area contributed by atoms with Crippen LogP contribution in [-0.2, 0) is 6.61 Å². The van der Waals surface area contributed by atoms with Gasteiger partial charge in [0.1, 0.15) is 6.61 Å². The molecule has 2 aromatic rings. The molecule has 132 valence electrons. The summed E-state index contributed by atoms with van der Waals surface area (Å²) >= 11 is 0. The van der Waals surface area contributed by atoms with Crippen molar-refractivity contribution in [3.05, 3.63) is 59.8 Å². The second kappa shape index (κ2) is 8.65. The van der Waals surface area contributed by atoms with Gasteiger partial charge in [-0.05, 0) is 37.3 Å². The highest BCUT2D eigenvalue weighted by atomic mass is 16.5. The molecule has 1 aliphatic carbocycles. The predicted octanol–water partition coefficient (Wildman–Crippen LogP) is 4.36. The summed E-state index contributed by atoms with van der Waals surface area (Å²) < 4.78 is 5.66. The van der Waals surface area contributed by atoms with Crippen LogP contribution in [0.25, 0.3) is 0 Å². The largest absolute Gasteiger partial charge is 0.473 e. The highest BCUT2D eigenvalue weighted by Crippen LogP contribution is 2.26. The maximum Gasteiger partial charge on any atom is 0.253 e. The van der Waals surface area contributed by atoms with Crippen LogP contribution in [0, 0.1) is 5.92 Å². The van der Waals surface area contributed by atoms with Crippen molar-refractivity contribution < 1.29 is 9.53 Å². The molecule has 25 heavy (non-hydrogen) atoms. The van der Waals surface area contributed by atoms with Crippen LogP contribution < -0.4 is 10.1 Å². The van der Waals surface area contributed by atoms with E-state index in [0.29, 0.717) is 24.0 Å². The minimum absolute atomic E-state index is 0.0554. The lowest BCUT2D eigenvalue weighted by Crippen LogP contribution is -2.38. The van der Waals surface area contributed by atoms with Crippen LogP contribution in [0.4, 0.5) is 0 Å². The molecule has 0 saturated heterocycles. The summed E-state index contributed by atoms with van der Waals surface area (Å²) in [5.41, 5.74) is 1.67. The van der Waals surface area contributed by atoms with Crippen molar-refractivity contribution in [2.45, 2.75) is 51.7 Å². The highest BCUT2D eigenvalue weighted by Gasteiger charge is 2.21. The number of amides is 1. The van der Waals surface area contributed by atoms with Gasteiger partial charge in [0.2, 0.25) is 5.88 Å². The lowest BCUT2D eigenvalue weighted by molar-refractivity contribution is 0.0919. The van der Waals surface area contributed by atoms with Crippen molar-refractivity contribution in [3.8, 4) is 5.88 Å². The number of hydrogen-bond acceptors (Lipinski definition) is 3. The Balaban J connectivity index is 1.51. The van der Waals surface area contributed by atoms with Crippen LogP contribution in [0.1, 0.15) is 54.9 Å². The van der Waals surface area contributed by atoms with Gasteiger partial charge < -0.3 is 10.1 Å². The molecule has 1 N–H and O–H groups in total. The molecule has 1 aliphatic rings. The first-order chi connectivity index (χ1) is 12.2. The quantitative estimate of drug-likeness (QED) is 0.851. The number of benzene rings is 1. The maximum atomic E-state index is 12.4. The van der Waals surface area contributed by atoms with Gasteiger partial charge in [0.15, 0.2) is 0 Å². The zero-order valence-electron chi connectivity index (χ0n) is 14.8. The van der Waals surface area contributed by atoms with Crippen molar-refractivity contribution in [2.24, 2.45) is 5.92 Å². The standard InChI is InChI=1S/C21H26N2O2/c1-16(18-10-6-3-7-11-18)23-21(24)19-12-13-20(22-14-19)25-15-17-8-4-2-5-9-17/h2,4-5,8-9,12-14,16,18H,3,6-7,10-11,15H2,1H3,(H,23,24). The van der Waals surface area contributed by atoms with Gasteiger partial charge in [-0.3, -0.25) is 4.79 Å². The molecule has 1 atom stereocenters. The molecule has 4 heteroatoms. The maximum absolute atomic E-state index is 12.4. The van der Waals surface area contributed by atoms with Gasteiger partial charge in [0, 0.05) is 18.3 Å². The van der Waals surface area contributed by atoms with Crippen molar-refractivity contribution >= 4 is 5.91 Å². The van der Waals surface area contributed by atoms with Crippen molar-refractivity contribution in [1.29, 1.82) is 0 Å². The minimum atomic E-state index is -0.0554. The molecule has 1 amide bonds. The van der Waals surface area contributed by atoms with Crippen LogP contribution in [-0.4, -0.2) is 16.9 Å². The molecule has 1 unspecified atom stereocenters. The van der Waals surface area contributed by atoms with Crippen molar-refractivity contribution in [3.63, 3.8) is 0 Å². The number of carbonyl (C=O) groups is 1. The molecule has 1 aromatic heterocycles. The van der Waals surface area contributed by atoms with E-state index < -0.39 is 0 Å². The Morgan fingerprint density at radius 3 is 2.60 bits per heavy atom. The Bertz CT molecular complexity index is 664. The normalized spacial score (nSPS) is 16.2. The van der Waals surface area contributed by atoms with E-state index in [-0.39, 0.29) is 11.9 Å². The van der Waals surface area contributed by atoms with E-state index >= 15 is 0 Å². The average Bonchev–Trinajstić information content (AvgIpc) is 2.68. The second-order valence-corrected chi connectivity index (χ2v) is 6.82. The predicted molar refractivity (Wildman–Crippen MR) is 98.5 cm³/mol. The molecule has 1 fully saturated rings. The Hall–Kier alpha value is -2.36. The van der Waals surface area contributed by atoms with Crippen molar-refractivity contribution in [1.82, 2.24) is 10.3 Å². The third-order valence-electron chi connectivity index (χ3n) is 4.94. The Morgan fingerprint density at radius 1 is 1.16 bits per heavy atom. The first-order valence-electron chi connectivity index (χ1n) is 9.16. The SMILES string of the molecule is CC(NC(=O)c1ccc(OCc2ccccc2)nc1)C1CCCCC1. The van der Waals surface area contributed by atoms with Crippen LogP contribution in [0.2, 0.25) is 0 Å². The number of nitrogens with zero attached hydrogens (tertiary/aromatic N) is 1. The van der Waals surface area contributed by atoms with Crippen LogP contribution in [0.3, 0.4) is 0 Å². The van der Waals surface area contributed by atoms with Gasteiger partial charge in [0.25, 0.3) is 5.91 Å².